The highest BCUT2D eigenvalue weighted by Gasteiger charge is 2.34. The number of amides is 1. The monoisotopic (exact) mass is 503 g/mol. The number of carbonyl (C=O) groups excluding carboxylic acids is 1. The van der Waals surface area contributed by atoms with E-state index < -0.39 is 5.92 Å². The van der Waals surface area contributed by atoms with Gasteiger partial charge in [0.2, 0.25) is 0 Å². The van der Waals surface area contributed by atoms with E-state index in [1.54, 1.807) is 18.9 Å². The van der Waals surface area contributed by atoms with Crippen LogP contribution in [0.2, 0.25) is 0 Å². The lowest BCUT2D eigenvalue weighted by atomic mass is 9.82. The molecule has 36 heavy (non-hydrogen) atoms. The fraction of sp³-hybridized carbons (Fsp3) is 0.400. The molecule has 0 radical (unpaired) electrons. The number of carbonyl (C=O) groups is 1. The standard InChI is InChI=1S/C30H37N3O2S/c1-4-5-6-7-8-9-15-20-36-30-24(21-31)28(23-16-11-10-12-17-23)27(22(2)32-30)29(34)33-25-18-13-14-19-26(25)35-3/h10-14,16-19,28,32H,4-9,15,20H2,1-3H3,(H,33,34). The summed E-state index contributed by atoms with van der Waals surface area (Å²) >= 11 is 1.68. The van der Waals surface area contributed by atoms with Gasteiger partial charge >= 0.3 is 0 Å². The normalized spacial score (nSPS) is 15.3. The van der Waals surface area contributed by atoms with E-state index >= 15 is 0 Å². The third-order valence-corrected chi connectivity index (χ3v) is 7.48. The molecule has 0 saturated carbocycles. The minimum atomic E-state index is -0.441. The first-order valence-electron chi connectivity index (χ1n) is 12.8. The highest BCUT2D eigenvalue weighted by Crippen LogP contribution is 2.41. The summed E-state index contributed by atoms with van der Waals surface area (Å²) in [5, 5.41) is 17.5. The molecule has 1 atom stereocenters. The van der Waals surface area contributed by atoms with E-state index in [0.717, 1.165) is 28.5 Å². The van der Waals surface area contributed by atoms with E-state index in [0.29, 0.717) is 22.6 Å². The van der Waals surface area contributed by atoms with Gasteiger partial charge in [0.05, 0.1) is 35.4 Å². The molecule has 3 rings (SSSR count). The van der Waals surface area contributed by atoms with Crippen LogP contribution in [0.5, 0.6) is 5.75 Å². The molecule has 2 N–H and O–H groups in total. The number of nitrogens with zero attached hydrogens (tertiary/aromatic N) is 1. The molecule has 5 nitrogen and oxygen atoms in total. The topological polar surface area (TPSA) is 74.2 Å². The van der Waals surface area contributed by atoms with E-state index in [1.807, 2.05) is 61.5 Å². The van der Waals surface area contributed by atoms with Crippen molar-refractivity contribution in [3.63, 3.8) is 0 Å². The number of methoxy groups -OCH3 is 1. The van der Waals surface area contributed by atoms with E-state index in [4.69, 9.17) is 4.74 Å². The van der Waals surface area contributed by atoms with Crippen molar-refractivity contribution < 1.29 is 9.53 Å². The number of anilines is 1. The maximum absolute atomic E-state index is 13.6. The van der Waals surface area contributed by atoms with Crippen LogP contribution >= 0.6 is 11.8 Å². The molecule has 2 aromatic carbocycles. The average molecular weight is 504 g/mol. The van der Waals surface area contributed by atoms with Gasteiger partial charge in [0, 0.05) is 11.3 Å². The zero-order valence-corrected chi connectivity index (χ0v) is 22.4. The van der Waals surface area contributed by atoms with Crippen LogP contribution in [0.1, 0.15) is 70.3 Å². The fourth-order valence-electron chi connectivity index (χ4n) is 4.48. The molecule has 0 bridgehead atoms. The fourth-order valence-corrected chi connectivity index (χ4v) is 5.57. The lowest BCUT2D eigenvalue weighted by Gasteiger charge is -2.30. The minimum Gasteiger partial charge on any atom is -0.495 e. The van der Waals surface area contributed by atoms with Crippen LogP contribution in [0.4, 0.5) is 5.69 Å². The zero-order chi connectivity index (χ0) is 25.8. The molecule has 0 aliphatic carbocycles. The number of allylic oxidation sites excluding steroid dienone is 2. The van der Waals surface area contributed by atoms with Gasteiger partial charge in [-0.3, -0.25) is 4.79 Å². The second kappa shape index (κ2) is 14.4. The number of rotatable bonds is 13. The van der Waals surface area contributed by atoms with Crippen molar-refractivity contribution in [3.8, 4) is 11.8 Å². The molecule has 6 heteroatoms. The number of hydrogen-bond acceptors (Lipinski definition) is 5. The number of benzene rings is 2. The maximum atomic E-state index is 13.6. The summed E-state index contributed by atoms with van der Waals surface area (Å²) in [6, 6.07) is 19.6. The molecular weight excluding hydrogens is 466 g/mol. The van der Waals surface area contributed by atoms with Crippen molar-refractivity contribution >= 4 is 23.4 Å². The average Bonchev–Trinajstić information content (AvgIpc) is 2.90. The summed E-state index contributed by atoms with van der Waals surface area (Å²) in [5.74, 6) is 0.843. The summed E-state index contributed by atoms with van der Waals surface area (Å²) in [6.45, 7) is 4.15. The molecule has 1 amide bonds. The van der Waals surface area contributed by atoms with E-state index in [2.05, 4.69) is 23.6 Å². The van der Waals surface area contributed by atoms with Crippen LogP contribution in [-0.4, -0.2) is 18.8 Å². The number of para-hydroxylation sites is 2. The highest BCUT2D eigenvalue weighted by molar-refractivity contribution is 8.03. The second-order valence-electron chi connectivity index (χ2n) is 8.99. The Balaban J connectivity index is 1.81. The molecule has 2 aromatic rings. The Hall–Kier alpha value is -3.17. The Labute approximate surface area is 220 Å². The van der Waals surface area contributed by atoms with Gasteiger partial charge in [-0.1, -0.05) is 87.9 Å². The van der Waals surface area contributed by atoms with Gasteiger partial charge in [0.15, 0.2) is 0 Å². The van der Waals surface area contributed by atoms with E-state index in [-0.39, 0.29) is 5.91 Å². The molecule has 0 spiro atoms. The molecule has 0 saturated heterocycles. The summed E-state index contributed by atoms with van der Waals surface area (Å²) in [4.78, 5) is 13.6. The third-order valence-electron chi connectivity index (χ3n) is 6.37. The van der Waals surface area contributed by atoms with E-state index in [9.17, 15) is 10.1 Å². The Kier molecular flexibility index (Phi) is 11.0. The molecule has 1 unspecified atom stereocenters. The lowest BCUT2D eigenvalue weighted by Crippen LogP contribution is -2.30. The van der Waals surface area contributed by atoms with Gasteiger partial charge in [-0.2, -0.15) is 5.26 Å². The van der Waals surface area contributed by atoms with E-state index in [1.165, 1.54) is 38.5 Å². The predicted molar refractivity (Wildman–Crippen MR) is 150 cm³/mol. The summed E-state index contributed by atoms with van der Waals surface area (Å²) in [5.41, 5.74) is 3.42. The number of nitrogens with one attached hydrogen (secondary N) is 2. The molecule has 1 heterocycles. The van der Waals surface area contributed by atoms with Crippen molar-refractivity contribution in [2.24, 2.45) is 0 Å². The first-order chi connectivity index (χ1) is 17.6. The van der Waals surface area contributed by atoms with Crippen LogP contribution in [0.3, 0.4) is 0 Å². The zero-order valence-electron chi connectivity index (χ0n) is 21.6. The minimum absolute atomic E-state index is 0.248. The summed E-state index contributed by atoms with van der Waals surface area (Å²) in [6.07, 6.45) is 8.77. The van der Waals surface area contributed by atoms with Crippen molar-refractivity contribution in [3.05, 3.63) is 82.0 Å². The number of dihydropyridines is 1. The lowest BCUT2D eigenvalue weighted by molar-refractivity contribution is -0.113. The van der Waals surface area contributed by atoms with Gasteiger partial charge in [0.1, 0.15) is 5.75 Å². The van der Waals surface area contributed by atoms with Gasteiger partial charge < -0.3 is 15.4 Å². The molecular formula is C30H37N3O2S. The number of ether oxygens (including phenoxy) is 1. The SMILES string of the molecule is CCCCCCCCCSC1=C(C#N)C(c2ccccc2)C(C(=O)Nc2ccccc2OC)=C(C)N1. The quantitative estimate of drug-likeness (QED) is 0.277. The summed E-state index contributed by atoms with van der Waals surface area (Å²) < 4.78 is 5.41. The number of unbranched alkanes of at least 4 members (excludes halogenated alkanes) is 6. The number of thioether (sulfide) groups is 1. The van der Waals surface area contributed by atoms with Gasteiger partial charge in [-0.15, -0.1) is 11.8 Å². The van der Waals surface area contributed by atoms with Crippen LogP contribution in [-0.2, 0) is 4.79 Å². The Bertz CT molecular complexity index is 1120. The third kappa shape index (κ3) is 7.18. The Morgan fingerprint density at radius 1 is 1.03 bits per heavy atom. The van der Waals surface area contributed by atoms with Crippen LogP contribution in [0, 0.1) is 11.3 Å². The maximum Gasteiger partial charge on any atom is 0.254 e. The summed E-state index contributed by atoms with van der Waals surface area (Å²) in [7, 11) is 1.58. The van der Waals surface area contributed by atoms with Crippen molar-refractivity contribution in [1.29, 1.82) is 5.26 Å². The van der Waals surface area contributed by atoms with Crippen molar-refractivity contribution in [2.45, 2.75) is 64.7 Å². The van der Waals surface area contributed by atoms with Crippen LogP contribution < -0.4 is 15.4 Å². The first kappa shape index (κ1) is 27.4. The Morgan fingerprint density at radius 2 is 1.69 bits per heavy atom. The van der Waals surface area contributed by atoms with Crippen molar-refractivity contribution in [1.82, 2.24) is 5.32 Å². The van der Waals surface area contributed by atoms with Gasteiger partial charge in [0.25, 0.3) is 5.91 Å². The first-order valence-corrected chi connectivity index (χ1v) is 13.8. The Morgan fingerprint density at radius 3 is 2.39 bits per heavy atom. The molecule has 1 aliphatic heterocycles. The molecule has 190 valence electrons. The molecule has 0 aromatic heterocycles. The largest absolute Gasteiger partial charge is 0.495 e. The van der Waals surface area contributed by atoms with Gasteiger partial charge in [-0.05, 0) is 36.8 Å². The predicted octanol–water partition coefficient (Wildman–Crippen LogP) is 7.51. The number of hydrogen-bond donors (Lipinski definition) is 2. The van der Waals surface area contributed by atoms with Crippen LogP contribution in [0.15, 0.2) is 76.5 Å². The number of nitriles is 1. The highest BCUT2D eigenvalue weighted by atomic mass is 32.2. The van der Waals surface area contributed by atoms with Crippen molar-refractivity contribution in [2.75, 3.05) is 18.2 Å². The molecule has 1 aliphatic rings. The molecule has 0 fully saturated rings. The second-order valence-corrected chi connectivity index (χ2v) is 10.1. The smallest absolute Gasteiger partial charge is 0.254 e. The van der Waals surface area contributed by atoms with Crippen LogP contribution in [0.25, 0.3) is 0 Å². The van der Waals surface area contributed by atoms with Gasteiger partial charge in [-0.25, -0.2) is 0 Å².